The lowest BCUT2D eigenvalue weighted by Gasteiger charge is -2.74. The molecule has 2 aliphatic heterocycles. The molecule has 40 heavy (non-hydrogen) atoms. The molecule has 7 aliphatic rings. The molecule has 0 amide bonds. The van der Waals surface area contributed by atoms with Gasteiger partial charge in [-0.3, -0.25) is 4.90 Å². The molecule has 8 heteroatoms. The SMILES string of the molecule is COC12CCC3(CC1COCc1ccccc1)[C@H]1Cc4ccc(-c5nn[nH]n5)c5c4[C@@]3(CCN1CC1CC1)[C@H]2O5. The summed E-state index contributed by atoms with van der Waals surface area (Å²) in [6, 6.07) is 15.5. The summed E-state index contributed by atoms with van der Waals surface area (Å²) in [6.07, 6.45) is 8.31. The molecule has 2 spiro atoms. The molecule has 8 nitrogen and oxygen atoms in total. The maximum absolute atomic E-state index is 7.26. The zero-order chi connectivity index (χ0) is 26.5. The largest absolute Gasteiger partial charge is 0.485 e. The van der Waals surface area contributed by atoms with Crippen molar-refractivity contribution < 1.29 is 14.2 Å². The second kappa shape index (κ2) is 8.37. The van der Waals surface area contributed by atoms with Crippen LogP contribution in [0.5, 0.6) is 5.75 Å². The van der Waals surface area contributed by atoms with Gasteiger partial charge in [0.05, 0.1) is 18.8 Å². The van der Waals surface area contributed by atoms with Crippen molar-refractivity contribution in [1.29, 1.82) is 0 Å². The summed E-state index contributed by atoms with van der Waals surface area (Å²) in [4.78, 5) is 2.89. The average molecular weight is 540 g/mol. The van der Waals surface area contributed by atoms with Crippen molar-refractivity contribution in [1.82, 2.24) is 25.5 Å². The van der Waals surface area contributed by atoms with Gasteiger partial charge in [-0.2, -0.15) is 5.21 Å². The van der Waals surface area contributed by atoms with Crippen LogP contribution in [-0.4, -0.2) is 70.1 Å². The molecule has 208 valence electrons. The molecule has 1 N–H and O–H groups in total. The van der Waals surface area contributed by atoms with Crippen LogP contribution in [0.4, 0.5) is 0 Å². The van der Waals surface area contributed by atoms with Gasteiger partial charge in [-0.1, -0.05) is 36.4 Å². The number of hydrogen-bond donors (Lipinski definition) is 1. The first kappa shape index (κ1) is 23.9. The zero-order valence-corrected chi connectivity index (χ0v) is 23.1. The fourth-order valence-electron chi connectivity index (χ4n) is 10.1. The third-order valence-electron chi connectivity index (χ3n) is 11.8. The normalized spacial score (nSPS) is 36.9. The van der Waals surface area contributed by atoms with Gasteiger partial charge in [0.1, 0.15) is 17.5 Å². The highest BCUT2D eigenvalue weighted by molar-refractivity contribution is 5.73. The summed E-state index contributed by atoms with van der Waals surface area (Å²) in [5.74, 6) is 2.75. The van der Waals surface area contributed by atoms with Crippen LogP contribution in [0, 0.1) is 17.3 Å². The van der Waals surface area contributed by atoms with Gasteiger partial charge in [0.15, 0.2) is 0 Å². The molecule has 5 fully saturated rings. The summed E-state index contributed by atoms with van der Waals surface area (Å²) in [7, 11) is 1.91. The van der Waals surface area contributed by atoms with E-state index in [4.69, 9.17) is 14.2 Å². The molecule has 4 bridgehead atoms. The molecule has 3 heterocycles. The summed E-state index contributed by atoms with van der Waals surface area (Å²) in [5.41, 5.74) is 4.78. The van der Waals surface area contributed by atoms with E-state index in [1.165, 1.54) is 42.5 Å². The number of aromatic amines is 1. The minimum absolute atomic E-state index is 0.0366. The van der Waals surface area contributed by atoms with E-state index in [0.717, 1.165) is 49.5 Å². The number of H-pyrrole nitrogens is 1. The molecule has 10 rings (SSSR count). The smallest absolute Gasteiger partial charge is 0.208 e. The molecule has 1 saturated heterocycles. The van der Waals surface area contributed by atoms with Crippen LogP contribution < -0.4 is 4.74 Å². The van der Waals surface area contributed by atoms with Gasteiger partial charge in [0.25, 0.3) is 0 Å². The van der Waals surface area contributed by atoms with Crippen LogP contribution in [0.15, 0.2) is 42.5 Å². The average Bonchev–Trinajstić information content (AvgIpc) is 3.48. The van der Waals surface area contributed by atoms with E-state index < -0.39 is 0 Å². The molecular weight excluding hydrogens is 502 g/mol. The van der Waals surface area contributed by atoms with Crippen LogP contribution in [0.2, 0.25) is 0 Å². The first-order valence-electron chi connectivity index (χ1n) is 15.2. The maximum atomic E-state index is 7.26. The van der Waals surface area contributed by atoms with Crippen molar-refractivity contribution in [3.05, 3.63) is 59.2 Å². The third-order valence-corrected chi connectivity index (χ3v) is 11.8. The first-order chi connectivity index (χ1) is 19.7. The van der Waals surface area contributed by atoms with Gasteiger partial charge < -0.3 is 14.2 Å². The standard InChI is InChI=1S/C32H37N5O3/c1-38-32-12-11-30(16-23(32)19-39-18-21-5-3-2-4-6-21)25-15-22-9-10-24(28-33-35-36-34-28)27-26(22)31(30,29(32)40-27)13-14-37(25)17-20-7-8-20/h2-6,9-10,20,23,25,29H,7-8,11-19H2,1H3,(H,33,34,35,36)/t23?,25-,29-,30?,31+,32?/m1/s1. The highest BCUT2D eigenvalue weighted by Crippen LogP contribution is 2.76. The molecule has 2 aromatic carbocycles. The third kappa shape index (κ3) is 2.94. The number of tetrazole rings is 1. The van der Waals surface area contributed by atoms with Crippen LogP contribution in [0.1, 0.15) is 55.2 Å². The Morgan fingerprint density at radius 3 is 2.80 bits per heavy atom. The van der Waals surface area contributed by atoms with E-state index >= 15 is 0 Å². The van der Waals surface area contributed by atoms with Crippen LogP contribution >= 0.6 is 0 Å². The first-order valence-corrected chi connectivity index (χ1v) is 15.2. The molecule has 5 aliphatic carbocycles. The lowest BCUT2D eigenvalue weighted by molar-refractivity contribution is -0.283. The molecule has 3 unspecified atom stereocenters. The lowest BCUT2D eigenvalue weighted by Crippen LogP contribution is -2.81. The zero-order valence-electron chi connectivity index (χ0n) is 23.1. The van der Waals surface area contributed by atoms with E-state index in [-0.39, 0.29) is 28.5 Å². The number of methoxy groups -OCH3 is 1. The fraction of sp³-hybridized carbons (Fsp3) is 0.594. The Bertz CT molecular complexity index is 1440. The highest BCUT2D eigenvalue weighted by atomic mass is 16.6. The summed E-state index contributed by atoms with van der Waals surface area (Å²) >= 11 is 0. The fourth-order valence-corrected chi connectivity index (χ4v) is 10.1. The Labute approximate surface area is 234 Å². The number of nitrogens with zero attached hydrogens (tertiary/aromatic N) is 4. The second-order valence-corrected chi connectivity index (χ2v) is 13.3. The van der Waals surface area contributed by atoms with Crippen molar-refractivity contribution in [2.45, 2.75) is 74.7 Å². The molecule has 1 aromatic heterocycles. The number of rotatable bonds is 8. The minimum atomic E-state index is -0.385. The molecule has 0 radical (unpaired) electrons. The highest BCUT2D eigenvalue weighted by Gasteiger charge is 2.80. The molecule has 3 aromatic rings. The lowest BCUT2D eigenvalue weighted by atomic mass is 9.35. The van der Waals surface area contributed by atoms with Gasteiger partial charge in [-0.15, -0.1) is 10.2 Å². The predicted molar refractivity (Wildman–Crippen MR) is 148 cm³/mol. The number of fused-ring (bicyclic) bond motifs is 2. The van der Waals surface area contributed by atoms with Gasteiger partial charge in [-0.25, -0.2) is 0 Å². The quantitative estimate of drug-likeness (QED) is 0.457. The van der Waals surface area contributed by atoms with Gasteiger partial charge in [0, 0.05) is 42.0 Å². The Balaban J connectivity index is 1.17. The molecule has 4 saturated carbocycles. The monoisotopic (exact) mass is 539 g/mol. The van der Waals surface area contributed by atoms with E-state index in [1.54, 1.807) is 0 Å². The number of hydrogen-bond acceptors (Lipinski definition) is 7. The number of aromatic nitrogens is 4. The minimum Gasteiger partial charge on any atom is -0.485 e. The van der Waals surface area contributed by atoms with E-state index in [1.807, 2.05) is 7.11 Å². The number of benzene rings is 2. The van der Waals surface area contributed by atoms with Gasteiger partial charge in [-0.05, 0) is 79.8 Å². The Hall–Kier alpha value is -2.81. The van der Waals surface area contributed by atoms with Crippen molar-refractivity contribution in [3.63, 3.8) is 0 Å². The maximum Gasteiger partial charge on any atom is 0.208 e. The van der Waals surface area contributed by atoms with Crippen molar-refractivity contribution in [3.8, 4) is 17.1 Å². The summed E-state index contributed by atoms with van der Waals surface area (Å²) < 4.78 is 20.4. The Morgan fingerprint density at radius 2 is 2.00 bits per heavy atom. The van der Waals surface area contributed by atoms with E-state index in [2.05, 4.69) is 68.0 Å². The van der Waals surface area contributed by atoms with Crippen LogP contribution in [0.25, 0.3) is 11.4 Å². The van der Waals surface area contributed by atoms with Gasteiger partial charge in [0.2, 0.25) is 5.82 Å². The predicted octanol–water partition coefficient (Wildman–Crippen LogP) is 4.31. The topological polar surface area (TPSA) is 85.4 Å². The van der Waals surface area contributed by atoms with Crippen LogP contribution in [-0.2, 0) is 27.9 Å². The number of likely N-dealkylation sites (tertiary alicyclic amines) is 1. The second-order valence-electron chi connectivity index (χ2n) is 13.3. The van der Waals surface area contributed by atoms with Crippen LogP contribution in [0.3, 0.4) is 0 Å². The van der Waals surface area contributed by atoms with Crippen molar-refractivity contribution in [2.24, 2.45) is 17.3 Å². The summed E-state index contributed by atoms with van der Waals surface area (Å²) in [5, 5.41) is 15.2. The number of ether oxygens (including phenoxy) is 3. The van der Waals surface area contributed by atoms with Crippen molar-refractivity contribution in [2.75, 3.05) is 26.8 Å². The summed E-state index contributed by atoms with van der Waals surface area (Å²) in [6.45, 7) is 3.71. The van der Waals surface area contributed by atoms with E-state index in [0.29, 0.717) is 25.1 Å². The molecular formula is C32H37N5O3. The van der Waals surface area contributed by atoms with Crippen molar-refractivity contribution >= 4 is 0 Å². The Kier molecular flexibility index (Phi) is 4.99. The Morgan fingerprint density at radius 1 is 1.10 bits per heavy atom. The number of nitrogens with one attached hydrogen (secondary N) is 1. The van der Waals surface area contributed by atoms with Gasteiger partial charge >= 0.3 is 0 Å². The molecule has 6 atom stereocenters. The number of piperidine rings is 1. The van der Waals surface area contributed by atoms with E-state index in [9.17, 15) is 0 Å².